The molecule has 0 bridgehead atoms. The minimum Gasteiger partial charge on any atom is -0.407 e. The Hall–Kier alpha value is -2.91. The van der Waals surface area contributed by atoms with Crippen molar-refractivity contribution in [3.05, 3.63) is 72.9 Å². The van der Waals surface area contributed by atoms with Crippen LogP contribution >= 0.6 is 22.9 Å². The van der Waals surface area contributed by atoms with Crippen molar-refractivity contribution in [1.82, 2.24) is 9.47 Å². The Morgan fingerprint density at radius 2 is 2.17 bits per heavy atom. The molecular weight excluding hydrogens is 418 g/mol. The first-order valence-electron chi connectivity index (χ1n) is 8.79. The van der Waals surface area contributed by atoms with Crippen LogP contribution in [-0.4, -0.2) is 26.8 Å². The summed E-state index contributed by atoms with van der Waals surface area (Å²) in [6.45, 7) is 4.81. The average Bonchev–Trinajstić information content (AvgIpc) is 3.23. The van der Waals surface area contributed by atoms with E-state index in [9.17, 15) is 19.7 Å². The second-order valence-electron chi connectivity index (χ2n) is 6.30. The summed E-state index contributed by atoms with van der Waals surface area (Å²) in [5.74, 6) is -0.671. The average molecular weight is 436 g/mol. The molecule has 0 saturated heterocycles. The Labute approximate surface area is 174 Å². The van der Waals surface area contributed by atoms with Crippen LogP contribution in [0.15, 0.2) is 52.2 Å². The number of nitrogens with zero attached hydrogens (tertiary/aromatic N) is 3. The number of carbonyl (C=O) groups excluding carboxylic acids is 1. The number of halogens is 1. The van der Waals surface area contributed by atoms with Gasteiger partial charge in [0, 0.05) is 30.5 Å². The van der Waals surface area contributed by atoms with Gasteiger partial charge < -0.3 is 9.32 Å². The molecule has 0 saturated carbocycles. The minimum absolute atomic E-state index is 0.0640. The first-order chi connectivity index (χ1) is 13.9. The molecule has 1 amide bonds. The second-order valence-corrected chi connectivity index (χ2v) is 8.10. The number of oxazole rings is 1. The largest absolute Gasteiger partial charge is 0.419 e. The summed E-state index contributed by atoms with van der Waals surface area (Å²) in [4.78, 5) is 37.6. The number of hydrogen-bond acceptors (Lipinski definition) is 6. The topological polar surface area (TPSA) is 98.6 Å². The molecule has 10 heteroatoms. The Kier molecular flexibility index (Phi) is 6.50. The zero-order chi connectivity index (χ0) is 21.0. The Morgan fingerprint density at radius 1 is 1.38 bits per heavy atom. The van der Waals surface area contributed by atoms with Crippen LogP contribution in [0.5, 0.6) is 0 Å². The molecular formula is C19H18ClN3O5S. The summed E-state index contributed by atoms with van der Waals surface area (Å²) in [7, 11) is 0. The number of nitro benzene ring substituents is 1. The fourth-order valence-corrected chi connectivity index (χ4v) is 4.07. The van der Waals surface area contributed by atoms with E-state index in [-0.39, 0.29) is 30.1 Å². The van der Waals surface area contributed by atoms with Crippen molar-refractivity contribution in [3.8, 4) is 0 Å². The Morgan fingerprint density at radius 3 is 2.83 bits per heavy atom. The molecule has 0 aliphatic rings. The first-order valence-corrected chi connectivity index (χ1v) is 9.99. The molecule has 3 rings (SSSR count). The molecule has 0 N–H and O–H groups in total. The molecule has 152 valence electrons. The van der Waals surface area contributed by atoms with Gasteiger partial charge in [0.2, 0.25) is 5.91 Å². The number of amides is 1. The number of rotatable bonds is 9. The van der Waals surface area contributed by atoms with Gasteiger partial charge in [-0.3, -0.25) is 19.5 Å². The maximum atomic E-state index is 12.6. The number of benzene rings is 1. The molecule has 8 nitrogen and oxygen atoms in total. The molecule has 0 spiro atoms. The lowest BCUT2D eigenvalue weighted by molar-refractivity contribution is -0.384. The summed E-state index contributed by atoms with van der Waals surface area (Å²) in [5, 5.41) is 10.9. The normalized spacial score (nSPS) is 10.9. The van der Waals surface area contributed by atoms with E-state index in [0.29, 0.717) is 29.4 Å². The van der Waals surface area contributed by atoms with Crippen LogP contribution in [0.4, 0.5) is 5.69 Å². The van der Waals surface area contributed by atoms with Crippen LogP contribution in [0.2, 0.25) is 4.34 Å². The molecule has 3 aromatic rings. The summed E-state index contributed by atoms with van der Waals surface area (Å²) in [6.07, 6.45) is 2.32. The highest BCUT2D eigenvalue weighted by Gasteiger charge is 2.16. The van der Waals surface area contributed by atoms with Gasteiger partial charge in [-0.15, -0.1) is 17.9 Å². The predicted molar refractivity (Wildman–Crippen MR) is 111 cm³/mol. The summed E-state index contributed by atoms with van der Waals surface area (Å²) in [6, 6.07) is 7.68. The number of carbonyl (C=O) groups is 1. The van der Waals surface area contributed by atoms with E-state index in [1.165, 1.54) is 34.1 Å². The highest BCUT2D eigenvalue weighted by molar-refractivity contribution is 7.16. The zero-order valence-corrected chi connectivity index (χ0v) is 16.9. The number of aryl methyl sites for hydroxylation is 1. The highest BCUT2D eigenvalue weighted by Crippen LogP contribution is 2.23. The number of thiophene rings is 1. The number of non-ortho nitro benzene ring substituents is 1. The van der Waals surface area contributed by atoms with Crippen molar-refractivity contribution in [3.63, 3.8) is 0 Å². The lowest BCUT2D eigenvalue weighted by Gasteiger charge is -2.20. The van der Waals surface area contributed by atoms with Crippen molar-refractivity contribution in [2.24, 2.45) is 0 Å². The van der Waals surface area contributed by atoms with Crippen molar-refractivity contribution in [1.29, 1.82) is 0 Å². The van der Waals surface area contributed by atoms with Crippen LogP contribution in [-0.2, 0) is 17.9 Å². The van der Waals surface area contributed by atoms with Gasteiger partial charge in [0.15, 0.2) is 5.58 Å². The molecule has 0 fully saturated rings. The van der Waals surface area contributed by atoms with Gasteiger partial charge in [-0.25, -0.2) is 4.79 Å². The molecule has 0 aliphatic heterocycles. The van der Waals surface area contributed by atoms with Crippen LogP contribution in [0.3, 0.4) is 0 Å². The molecule has 2 heterocycles. The van der Waals surface area contributed by atoms with E-state index < -0.39 is 10.7 Å². The molecule has 0 radical (unpaired) electrons. The minimum atomic E-state index is -0.607. The molecule has 2 aromatic heterocycles. The molecule has 0 atom stereocenters. The van der Waals surface area contributed by atoms with E-state index in [1.807, 2.05) is 6.07 Å². The number of aromatic nitrogens is 1. The quantitative estimate of drug-likeness (QED) is 0.285. The molecule has 1 aromatic carbocycles. The van der Waals surface area contributed by atoms with Gasteiger partial charge in [-0.2, -0.15) is 0 Å². The van der Waals surface area contributed by atoms with Gasteiger partial charge >= 0.3 is 5.76 Å². The van der Waals surface area contributed by atoms with Crippen molar-refractivity contribution >= 4 is 45.6 Å². The number of hydrogen-bond donors (Lipinski definition) is 0. The van der Waals surface area contributed by atoms with Crippen molar-refractivity contribution in [2.45, 2.75) is 25.9 Å². The van der Waals surface area contributed by atoms with Gasteiger partial charge in [0.05, 0.1) is 27.4 Å². The van der Waals surface area contributed by atoms with Gasteiger partial charge in [0.1, 0.15) is 0 Å². The maximum absolute atomic E-state index is 12.6. The van der Waals surface area contributed by atoms with E-state index >= 15 is 0 Å². The van der Waals surface area contributed by atoms with Crippen LogP contribution in [0, 0.1) is 10.1 Å². The van der Waals surface area contributed by atoms with E-state index in [4.69, 9.17) is 16.0 Å². The summed E-state index contributed by atoms with van der Waals surface area (Å²) in [5.41, 5.74) is 0.463. The van der Waals surface area contributed by atoms with E-state index in [2.05, 4.69) is 6.58 Å². The van der Waals surface area contributed by atoms with Crippen molar-refractivity contribution in [2.75, 3.05) is 6.54 Å². The predicted octanol–water partition coefficient (Wildman–Crippen LogP) is 4.21. The standard InChI is InChI=1S/C19H18ClN3O5S/c1-2-9-21(12-14-6-8-17(20)29-14)18(24)4-3-10-22-15-7-5-13(23(26)27)11-16(15)28-19(22)25/h2,5-8,11H,1,3-4,9-10,12H2. The van der Waals surface area contributed by atoms with Gasteiger partial charge in [0.25, 0.3) is 5.69 Å². The highest BCUT2D eigenvalue weighted by atomic mass is 35.5. The fraction of sp³-hybridized carbons (Fsp3) is 0.263. The van der Waals surface area contributed by atoms with Crippen molar-refractivity contribution < 1.29 is 14.1 Å². The lowest BCUT2D eigenvalue weighted by atomic mass is 10.2. The van der Waals surface area contributed by atoms with E-state index in [0.717, 1.165) is 4.88 Å². The van der Waals surface area contributed by atoms with Gasteiger partial charge in [-0.1, -0.05) is 17.7 Å². The third-order valence-electron chi connectivity index (χ3n) is 4.31. The Bertz CT molecular complexity index is 1120. The SMILES string of the molecule is C=CCN(Cc1ccc(Cl)s1)C(=O)CCCn1c(=O)oc2cc([N+](=O)[O-])ccc21. The zero-order valence-electron chi connectivity index (χ0n) is 15.4. The third kappa shape index (κ3) is 4.93. The summed E-state index contributed by atoms with van der Waals surface area (Å²) >= 11 is 7.37. The van der Waals surface area contributed by atoms with Gasteiger partial charge in [-0.05, 0) is 24.6 Å². The Balaban J connectivity index is 1.65. The number of fused-ring (bicyclic) bond motifs is 1. The number of nitro groups is 1. The van der Waals surface area contributed by atoms with Crippen LogP contribution < -0.4 is 5.76 Å². The molecule has 0 unspecified atom stereocenters. The molecule has 29 heavy (non-hydrogen) atoms. The first kappa shape index (κ1) is 20.8. The lowest BCUT2D eigenvalue weighted by Crippen LogP contribution is -2.30. The van der Waals surface area contributed by atoms with E-state index in [1.54, 1.807) is 17.0 Å². The van der Waals surface area contributed by atoms with Crippen LogP contribution in [0.25, 0.3) is 11.1 Å². The monoisotopic (exact) mass is 435 g/mol. The maximum Gasteiger partial charge on any atom is 0.419 e. The summed E-state index contributed by atoms with van der Waals surface area (Å²) < 4.78 is 7.14. The molecule has 0 aliphatic carbocycles. The smallest absolute Gasteiger partial charge is 0.407 e. The fourth-order valence-electron chi connectivity index (χ4n) is 2.96. The second kappa shape index (κ2) is 9.06. The van der Waals surface area contributed by atoms with Crippen LogP contribution in [0.1, 0.15) is 17.7 Å². The third-order valence-corrected chi connectivity index (χ3v) is 5.53.